The molecule has 2 aromatic carbocycles. The molecule has 0 aliphatic carbocycles. The lowest BCUT2D eigenvalue weighted by molar-refractivity contribution is 0.383. The van der Waals surface area contributed by atoms with Gasteiger partial charge in [-0.05, 0) is 42.0 Å². The standard InChI is InChI=1S/C20H20N4O3/c1-25-14-6-4-13(5-7-14)17-11-18(24-20(23-17)21-12-22-24)16-9-8-15(26-2)10-19(16)27-3/h4-10,12,18H,11H2,1-3H3. The molecule has 0 spiro atoms. The van der Waals surface area contributed by atoms with Gasteiger partial charge in [-0.15, -0.1) is 0 Å². The minimum atomic E-state index is -0.0713. The van der Waals surface area contributed by atoms with Crippen molar-refractivity contribution in [2.24, 2.45) is 4.99 Å². The van der Waals surface area contributed by atoms with Crippen molar-refractivity contribution in [2.45, 2.75) is 12.5 Å². The first kappa shape index (κ1) is 17.1. The minimum Gasteiger partial charge on any atom is -0.497 e. The topological polar surface area (TPSA) is 70.8 Å². The summed E-state index contributed by atoms with van der Waals surface area (Å²) in [7, 11) is 4.95. The van der Waals surface area contributed by atoms with Gasteiger partial charge in [0.1, 0.15) is 23.6 Å². The number of benzene rings is 2. The van der Waals surface area contributed by atoms with Crippen molar-refractivity contribution in [3.63, 3.8) is 0 Å². The van der Waals surface area contributed by atoms with Crippen molar-refractivity contribution < 1.29 is 14.2 Å². The fourth-order valence-corrected chi connectivity index (χ4v) is 3.28. The second-order valence-corrected chi connectivity index (χ2v) is 6.12. The van der Waals surface area contributed by atoms with Crippen LogP contribution in [0, 0.1) is 0 Å². The van der Waals surface area contributed by atoms with E-state index in [1.165, 1.54) is 6.33 Å². The molecule has 1 unspecified atom stereocenters. The zero-order chi connectivity index (χ0) is 18.8. The van der Waals surface area contributed by atoms with Gasteiger partial charge in [-0.25, -0.2) is 9.67 Å². The predicted octanol–water partition coefficient (Wildman–Crippen LogP) is 3.42. The highest BCUT2D eigenvalue weighted by atomic mass is 16.5. The predicted molar refractivity (Wildman–Crippen MR) is 102 cm³/mol. The van der Waals surface area contributed by atoms with Crippen LogP contribution in [0.15, 0.2) is 53.8 Å². The highest BCUT2D eigenvalue weighted by Crippen LogP contribution is 2.38. The van der Waals surface area contributed by atoms with Crippen molar-refractivity contribution in [1.82, 2.24) is 14.8 Å². The van der Waals surface area contributed by atoms with Crippen molar-refractivity contribution in [3.8, 4) is 17.2 Å². The van der Waals surface area contributed by atoms with E-state index in [2.05, 4.69) is 10.1 Å². The van der Waals surface area contributed by atoms with E-state index >= 15 is 0 Å². The minimum absolute atomic E-state index is 0.0713. The first-order valence-corrected chi connectivity index (χ1v) is 8.57. The summed E-state index contributed by atoms with van der Waals surface area (Å²) >= 11 is 0. The smallest absolute Gasteiger partial charge is 0.248 e. The number of aromatic nitrogens is 3. The van der Waals surface area contributed by atoms with E-state index in [1.54, 1.807) is 21.3 Å². The molecule has 7 heteroatoms. The van der Waals surface area contributed by atoms with Crippen LogP contribution in [0.25, 0.3) is 0 Å². The Bertz CT molecular complexity index is 979. The van der Waals surface area contributed by atoms with Crippen LogP contribution in [0.4, 0.5) is 5.95 Å². The van der Waals surface area contributed by atoms with Gasteiger partial charge in [0.05, 0.1) is 33.1 Å². The molecule has 27 heavy (non-hydrogen) atoms. The molecule has 4 rings (SSSR count). The van der Waals surface area contributed by atoms with E-state index in [1.807, 2.05) is 47.1 Å². The normalized spacial score (nSPS) is 15.7. The number of fused-ring (bicyclic) bond motifs is 1. The molecular weight excluding hydrogens is 344 g/mol. The maximum absolute atomic E-state index is 5.61. The Morgan fingerprint density at radius 2 is 1.67 bits per heavy atom. The van der Waals surface area contributed by atoms with Gasteiger partial charge in [-0.3, -0.25) is 0 Å². The van der Waals surface area contributed by atoms with Gasteiger partial charge in [0.2, 0.25) is 5.95 Å². The molecule has 0 saturated heterocycles. The number of hydrogen-bond donors (Lipinski definition) is 0. The van der Waals surface area contributed by atoms with Gasteiger partial charge < -0.3 is 14.2 Å². The zero-order valence-corrected chi connectivity index (χ0v) is 15.4. The van der Waals surface area contributed by atoms with E-state index in [0.717, 1.165) is 34.1 Å². The number of ether oxygens (including phenoxy) is 3. The number of methoxy groups -OCH3 is 3. The Morgan fingerprint density at radius 3 is 2.37 bits per heavy atom. The third-order valence-electron chi connectivity index (χ3n) is 4.69. The average Bonchev–Trinajstić information content (AvgIpc) is 3.21. The number of hydrogen-bond acceptors (Lipinski definition) is 6. The lowest BCUT2D eigenvalue weighted by Crippen LogP contribution is -2.21. The summed E-state index contributed by atoms with van der Waals surface area (Å²) in [6.45, 7) is 0. The monoisotopic (exact) mass is 364 g/mol. The summed E-state index contributed by atoms with van der Waals surface area (Å²) in [5.74, 6) is 2.88. The highest BCUT2D eigenvalue weighted by Gasteiger charge is 2.28. The van der Waals surface area contributed by atoms with Crippen molar-refractivity contribution >= 4 is 11.7 Å². The van der Waals surface area contributed by atoms with E-state index < -0.39 is 0 Å². The Morgan fingerprint density at radius 1 is 0.926 bits per heavy atom. The number of aliphatic imine (C=N–C) groups is 1. The maximum atomic E-state index is 5.61. The van der Waals surface area contributed by atoms with Crippen molar-refractivity contribution in [2.75, 3.05) is 21.3 Å². The lowest BCUT2D eigenvalue weighted by atomic mass is 9.95. The van der Waals surface area contributed by atoms with Crippen LogP contribution in [0.1, 0.15) is 23.6 Å². The second-order valence-electron chi connectivity index (χ2n) is 6.12. The van der Waals surface area contributed by atoms with Gasteiger partial charge in [0.25, 0.3) is 0 Å². The maximum Gasteiger partial charge on any atom is 0.248 e. The van der Waals surface area contributed by atoms with Gasteiger partial charge >= 0.3 is 0 Å². The third kappa shape index (κ3) is 3.12. The molecule has 2 heterocycles. The van der Waals surface area contributed by atoms with Crippen LogP contribution < -0.4 is 14.2 Å². The van der Waals surface area contributed by atoms with Crippen molar-refractivity contribution in [3.05, 3.63) is 59.9 Å². The molecule has 0 amide bonds. The van der Waals surface area contributed by atoms with E-state index in [-0.39, 0.29) is 6.04 Å². The molecule has 1 aromatic heterocycles. The van der Waals surface area contributed by atoms with Crippen LogP contribution in [-0.2, 0) is 0 Å². The largest absolute Gasteiger partial charge is 0.497 e. The fraction of sp³-hybridized carbons (Fsp3) is 0.250. The molecule has 0 bridgehead atoms. The zero-order valence-electron chi connectivity index (χ0n) is 15.4. The van der Waals surface area contributed by atoms with Crippen LogP contribution in [-0.4, -0.2) is 41.8 Å². The summed E-state index contributed by atoms with van der Waals surface area (Å²) < 4.78 is 18.0. The molecule has 3 aromatic rings. The molecule has 0 radical (unpaired) electrons. The fourth-order valence-electron chi connectivity index (χ4n) is 3.28. The first-order valence-electron chi connectivity index (χ1n) is 8.57. The third-order valence-corrected chi connectivity index (χ3v) is 4.69. The summed E-state index contributed by atoms with van der Waals surface area (Å²) in [6, 6.07) is 13.6. The van der Waals surface area contributed by atoms with Gasteiger partial charge in [-0.1, -0.05) is 0 Å². The number of rotatable bonds is 5. The molecule has 0 saturated carbocycles. The molecule has 1 aliphatic heterocycles. The van der Waals surface area contributed by atoms with E-state index in [9.17, 15) is 0 Å². The van der Waals surface area contributed by atoms with E-state index in [0.29, 0.717) is 12.4 Å². The first-order chi connectivity index (χ1) is 13.2. The van der Waals surface area contributed by atoms with E-state index in [4.69, 9.17) is 19.2 Å². The molecule has 1 atom stereocenters. The van der Waals surface area contributed by atoms with Gasteiger partial charge in [0, 0.05) is 18.1 Å². The molecule has 0 N–H and O–H groups in total. The van der Waals surface area contributed by atoms with Gasteiger partial charge in [-0.2, -0.15) is 10.1 Å². The van der Waals surface area contributed by atoms with Gasteiger partial charge in [0.15, 0.2) is 0 Å². The molecule has 0 fully saturated rings. The molecule has 7 nitrogen and oxygen atoms in total. The quantitative estimate of drug-likeness (QED) is 0.694. The second kappa shape index (κ2) is 7.11. The summed E-state index contributed by atoms with van der Waals surface area (Å²) in [5.41, 5.74) is 2.98. The Balaban J connectivity index is 1.76. The molecule has 1 aliphatic rings. The lowest BCUT2D eigenvalue weighted by Gasteiger charge is -2.25. The summed E-state index contributed by atoms with van der Waals surface area (Å²) in [4.78, 5) is 9.00. The average molecular weight is 364 g/mol. The molecule has 138 valence electrons. The molecular formula is C20H20N4O3. The Labute approximate surface area is 157 Å². The van der Waals surface area contributed by atoms with Crippen molar-refractivity contribution in [1.29, 1.82) is 0 Å². The van der Waals surface area contributed by atoms with Crippen LogP contribution >= 0.6 is 0 Å². The Kier molecular flexibility index (Phi) is 4.50. The van der Waals surface area contributed by atoms with Crippen LogP contribution in [0.5, 0.6) is 17.2 Å². The van der Waals surface area contributed by atoms with Crippen LogP contribution in [0.3, 0.4) is 0 Å². The number of nitrogens with zero attached hydrogens (tertiary/aromatic N) is 4. The Hall–Kier alpha value is -3.35. The SMILES string of the molecule is COc1ccc(C2=Nc3ncnn3C(c3ccc(OC)cc3OC)C2)cc1. The van der Waals surface area contributed by atoms with Crippen LogP contribution in [0.2, 0.25) is 0 Å². The summed E-state index contributed by atoms with van der Waals surface area (Å²) in [5, 5.41) is 4.38. The summed E-state index contributed by atoms with van der Waals surface area (Å²) in [6.07, 6.45) is 2.20. The highest BCUT2D eigenvalue weighted by molar-refractivity contribution is 6.02.